The Bertz CT molecular complexity index is 602. The summed E-state index contributed by atoms with van der Waals surface area (Å²) < 4.78 is 92.8. The summed E-state index contributed by atoms with van der Waals surface area (Å²) in [4.78, 5) is 0. The number of hydrogen-bond acceptors (Lipinski definition) is 9. The molecule has 0 aromatic rings. The first-order valence-electron chi connectivity index (χ1n) is 4.02. The first kappa shape index (κ1) is 32.5. The zero-order chi connectivity index (χ0) is 15.5. The van der Waals surface area contributed by atoms with Gasteiger partial charge < -0.3 is 19.7 Å². The second-order valence-corrected chi connectivity index (χ2v) is 6.86. The van der Waals surface area contributed by atoms with Crippen LogP contribution >= 0.6 is 0 Å². The molecule has 14 nitrogen and oxygen atoms in total. The maximum absolute atomic E-state index is 10.7. The average molecular weight is 440 g/mol. The average Bonchev–Trinajstić information content (AvgIpc) is 2.11. The van der Waals surface area contributed by atoms with Gasteiger partial charge in [0.05, 0.1) is 13.3 Å². The molecule has 0 rings (SSSR count). The van der Waals surface area contributed by atoms with E-state index >= 15 is 0 Å². The molecule has 0 heterocycles. The van der Waals surface area contributed by atoms with Gasteiger partial charge in [0.1, 0.15) is 6.73 Å². The summed E-state index contributed by atoms with van der Waals surface area (Å²) >= 11 is 0. The molecule has 19 heteroatoms. The van der Waals surface area contributed by atoms with Crippen molar-refractivity contribution in [3.63, 3.8) is 0 Å². The molecule has 0 aliphatic rings. The molecule has 0 bridgehead atoms. The molecule has 0 fully saturated rings. The van der Waals surface area contributed by atoms with E-state index in [2.05, 4.69) is 0 Å². The predicted octanol–water partition coefficient (Wildman–Crippen LogP) is -11.0. The molecule has 0 aromatic carbocycles. The maximum atomic E-state index is 10.7. The van der Waals surface area contributed by atoms with Crippen LogP contribution in [-0.2, 0) is 30.9 Å². The molecular weight excluding hydrogens is 428 g/mol. The fraction of sp³-hybridized carbons (Fsp3) is 1.00. The Balaban J connectivity index is -0.000000540. The van der Waals surface area contributed by atoms with Crippen molar-refractivity contribution >= 4 is 30.9 Å². The van der Waals surface area contributed by atoms with Crippen molar-refractivity contribution in [1.29, 1.82) is 0 Å². The van der Waals surface area contributed by atoms with Crippen LogP contribution < -0.4 is 107 Å². The smallest absolute Gasteiger partial charge is 0.735 e. The Morgan fingerprint density at radius 1 is 0.955 bits per heavy atom. The van der Waals surface area contributed by atoms with E-state index in [-0.39, 0.29) is 117 Å². The third-order valence-electron chi connectivity index (χ3n) is 1.53. The number of aliphatic hydroxyl groups excluding tert-OH is 1. The summed E-state index contributed by atoms with van der Waals surface area (Å²) in [5, 5.41) is 8.57. The normalized spacial score (nSPS) is 12.3. The van der Waals surface area contributed by atoms with E-state index in [1.165, 1.54) is 0 Å². The molecule has 0 aliphatic heterocycles. The van der Waals surface area contributed by atoms with E-state index in [9.17, 15) is 34.4 Å². The molecule has 0 atom stereocenters. The molecule has 0 spiro atoms. The van der Waals surface area contributed by atoms with E-state index in [4.69, 9.17) is 9.66 Å². The summed E-state index contributed by atoms with van der Waals surface area (Å²) in [6.07, 6.45) is 0. The van der Waals surface area contributed by atoms with E-state index < -0.39 is 51.0 Å². The first-order chi connectivity index (χ1) is 8.27. The van der Waals surface area contributed by atoms with Gasteiger partial charge in [0.25, 0.3) is 0 Å². The van der Waals surface area contributed by atoms with Gasteiger partial charge in [-0.1, -0.05) is 0 Å². The Morgan fingerprint density at radius 3 is 1.59 bits per heavy atom. The van der Waals surface area contributed by atoms with Crippen molar-refractivity contribution in [3.05, 3.63) is 0 Å². The molecule has 0 radical (unpaired) electrons. The zero-order valence-electron chi connectivity index (χ0n) is 11.4. The fourth-order valence-electron chi connectivity index (χ4n) is 0.717. The van der Waals surface area contributed by atoms with Crippen LogP contribution in [0.5, 0.6) is 0 Å². The van der Waals surface area contributed by atoms with Gasteiger partial charge in [0.2, 0.25) is 0 Å². The maximum Gasteiger partial charge on any atom is 1.00 e. The van der Waals surface area contributed by atoms with Gasteiger partial charge in [-0.25, -0.2) is 21.6 Å². The Hall–Kier alpha value is 2.80. The first-order valence-corrected chi connectivity index (χ1v) is 8.19. The molecule has 0 amide bonds. The fourth-order valence-corrected chi connectivity index (χ4v) is 2.12. The molecule has 124 valence electrons. The van der Waals surface area contributed by atoms with Gasteiger partial charge in [-0.2, -0.15) is 12.7 Å². The van der Waals surface area contributed by atoms with Crippen molar-refractivity contribution in [2.24, 2.45) is 0 Å². The van der Waals surface area contributed by atoms with Crippen LogP contribution in [0.25, 0.3) is 0 Å². The van der Waals surface area contributed by atoms with Gasteiger partial charge >= 0.3 is 113 Å². The van der Waals surface area contributed by atoms with Crippen molar-refractivity contribution in [2.45, 2.75) is 0 Å². The van der Waals surface area contributed by atoms with Crippen LogP contribution in [0.2, 0.25) is 0 Å². The number of aliphatic hydroxyl groups is 1. The molecule has 0 aromatic heterocycles. The molecule has 22 heavy (non-hydrogen) atoms. The second kappa shape index (κ2) is 13.0. The van der Waals surface area contributed by atoms with Gasteiger partial charge in [0.15, 0.2) is 20.6 Å². The largest absolute Gasteiger partial charge is 1.00 e. The minimum Gasteiger partial charge on any atom is -0.735 e. The van der Waals surface area contributed by atoms with Crippen LogP contribution in [0.4, 0.5) is 0 Å². The molecule has 0 saturated heterocycles. The second-order valence-electron chi connectivity index (χ2n) is 2.88. The summed E-state index contributed by atoms with van der Waals surface area (Å²) in [6, 6.07) is 0. The van der Waals surface area contributed by atoms with Gasteiger partial charge in [-0.3, -0.25) is 4.55 Å². The van der Waals surface area contributed by atoms with Crippen molar-refractivity contribution in [3.8, 4) is 0 Å². The Kier molecular flexibility index (Phi) is 19.3. The summed E-state index contributed by atoms with van der Waals surface area (Å²) in [5.41, 5.74) is 0. The SMILES string of the molecule is O.O=S(=O)([O-])NCN(CN(CO)S(=O)(=O)O)S(=O)(=O)[O-].[K+].[K+]. The zero-order valence-corrected chi connectivity index (χ0v) is 20.1. The van der Waals surface area contributed by atoms with E-state index in [1.54, 1.807) is 0 Å². The van der Waals surface area contributed by atoms with Crippen LogP contribution in [0.1, 0.15) is 0 Å². The minimum atomic E-state index is -5.36. The van der Waals surface area contributed by atoms with Crippen molar-refractivity contribution < 1.29 is 152 Å². The number of nitrogens with one attached hydrogen (secondary N) is 1. The standard InChI is InChI=1S/C3H11N3O10S3.2K.H2O/c7-3-6(19(14,15)16)2-5(18(11,12)13)1-4-17(8,9)10;;;/h4,7H,1-3H2,(H,8,9,10)(H,11,12,13)(H,14,15,16);;;1H2/q;2*+1;/p-2. The summed E-state index contributed by atoms with van der Waals surface area (Å²) in [5.74, 6) is 0. The molecule has 5 N–H and O–H groups in total. The third-order valence-corrected chi connectivity index (χ3v) is 3.78. The molecule has 0 aliphatic carbocycles. The van der Waals surface area contributed by atoms with Crippen LogP contribution in [0.15, 0.2) is 0 Å². The monoisotopic (exact) mass is 439 g/mol. The number of hydrogen-bond donors (Lipinski definition) is 3. The van der Waals surface area contributed by atoms with E-state index in [1.807, 2.05) is 0 Å². The Labute approximate surface area is 212 Å². The predicted molar refractivity (Wildman–Crippen MR) is 58.2 cm³/mol. The molecule has 0 saturated carbocycles. The quantitative estimate of drug-likeness (QED) is 0.183. The van der Waals surface area contributed by atoms with Crippen LogP contribution in [-0.4, -0.2) is 78.2 Å². The van der Waals surface area contributed by atoms with Crippen molar-refractivity contribution in [2.75, 3.05) is 20.1 Å². The van der Waals surface area contributed by atoms with Gasteiger partial charge in [-0.05, 0) is 0 Å². The molecule has 0 unspecified atom stereocenters. The van der Waals surface area contributed by atoms with Gasteiger partial charge in [-0.15, -0.1) is 4.31 Å². The van der Waals surface area contributed by atoms with Crippen LogP contribution in [0.3, 0.4) is 0 Å². The number of rotatable bonds is 8. The van der Waals surface area contributed by atoms with Crippen LogP contribution in [0, 0.1) is 0 Å². The van der Waals surface area contributed by atoms with Gasteiger partial charge in [0, 0.05) is 0 Å². The summed E-state index contributed by atoms with van der Waals surface area (Å²) in [6.45, 7) is -4.16. The van der Waals surface area contributed by atoms with E-state index in [0.717, 1.165) is 4.72 Å². The minimum absolute atomic E-state index is 0. The molecular formula is C3H11K2N3O11S3. The van der Waals surface area contributed by atoms with Crippen molar-refractivity contribution in [1.82, 2.24) is 13.3 Å². The summed E-state index contributed by atoms with van der Waals surface area (Å²) in [7, 11) is -15.5. The van der Waals surface area contributed by atoms with E-state index in [0.29, 0.717) is 0 Å². The topological polar surface area (TPSA) is 239 Å². The third kappa shape index (κ3) is 15.1. The Morgan fingerprint density at radius 2 is 1.36 bits per heavy atom. The number of nitrogens with zero attached hydrogens (tertiary/aromatic N) is 2.